The molecule has 0 aromatic heterocycles. The maximum Gasteiger partial charge on any atom is 0.226 e. The van der Waals surface area contributed by atoms with Gasteiger partial charge in [0.15, 0.2) is 0 Å². The Morgan fingerprint density at radius 2 is 2.37 bits per heavy atom. The lowest BCUT2D eigenvalue weighted by molar-refractivity contribution is -0.117. The van der Waals surface area contributed by atoms with Crippen LogP contribution in [0.4, 0.5) is 5.69 Å². The lowest BCUT2D eigenvalue weighted by Crippen LogP contribution is -2.43. The number of hydrogen-bond acceptors (Lipinski definition) is 4. The maximum absolute atomic E-state index is 12.0. The van der Waals surface area contributed by atoms with Crippen LogP contribution in [0.25, 0.3) is 0 Å². The normalized spacial score (nSPS) is 18.9. The van der Waals surface area contributed by atoms with E-state index in [1.807, 2.05) is 31.2 Å². The van der Waals surface area contributed by atoms with Gasteiger partial charge in [0.2, 0.25) is 5.91 Å². The van der Waals surface area contributed by atoms with Crippen molar-refractivity contribution < 1.29 is 14.3 Å². The molecule has 0 radical (unpaired) electrons. The van der Waals surface area contributed by atoms with Crippen molar-refractivity contribution in [1.29, 1.82) is 0 Å². The Hall–Kier alpha value is -1.59. The van der Waals surface area contributed by atoms with Crippen molar-refractivity contribution in [2.24, 2.45) is 0 Å². The van der Waals surface area contributed by atoms with Crippen molar-refractivity contribution in [1.82, 2.24) is 5.32 Å². The van der Waals surface area contributed by atoms with Crippen molar-refractivity contribution in [2.75, 3.05) is 31.7 Å². The van der Waals surface area contributed by atoms with Crippen molar-refractivity contribution >= 4 is 11.6 Å². The molecule has 104 valence electrons. The summed E-state index contributed by atoms with van der Waals surface area (Å²) < 4.78 is 10.8. The number of hydrogen-bond donors (Lipinski definition) is 2. The van der Waals surface area contributed by atoms with Gasteiger partial charge in [0, 0.05) is 19.0 Å². The molecule has 1 aliphatic rings. The van der Waals surface area contributed by atoms with E-state index in [1.165, 1.54) is 0 Å². The zero-order chi connectivity index (χ0) is 13.5. The first kappa shape index (κ1) is 13.8. The zero-order valence-corrected chi connectivity index (χ0v) is 11.1. The Labute approximate surface area is 113 Å². The van der Waals surface area contributed by atoms with Crippen LogP contribution in [-0.2, 0) is 9.53 Å². The van der Waals surface area contributed by atoms with E-state index >= 15 is 0 Å². The van der Waals surface area contributed by atoms with Crippen LogP contribution in [0.3, 0.4) is 0 Å². The van der Waals surface area contributed by atoms with Gasteiger partial charge in [-0.2, -0.15) is 0 Å². The minimum atomic E-state index is -0.0323. The molecule has 1 heterocycles. The summed E-state index contributed by atoms with van der Waals surface area (Å²) in [5.74, 6) is 0.668. The number of amides is 1. The highest BCUT2D eigenvalue weighted by molar-refractivity contribution is 5.92. The molecule has 1 aromatic rings. The number of carbonyl (C=O) groups excluding carboxylic acids is 1. The number of ether oxygens (including phenoxy) is 2. The summed E-state index contributed by atoms with van der Waals surface area (Å²) in [4.78, 5) is 12.0. The number of rotatable bonds is 5. The zero-order valence-electron chi connectivity index (χ0n) is 11.1. The first-order valence-electron chi connectivity index (χ1n) is 6.62. The van der Waals surface area contributed by atoms with Crippen molar-refractivity contribution in [3.05, 3.63) is 24.3 Å². The number of anilines is 1. The first-order valence-corrected chi connectivity index (χ1v) is 6.62. The summed E-state index contributed by atoms with van der Waals surface area (Å²) >= 11 is 0. The van der Waals surface area contributed by atoms with E-state index in [-0.39, 0.29) is 11.9 Å². The van der Waals surface area contributed by atoms with Crippen LogP contribution in [0.1, 0.15) is 13.3 Å². The molecule has 1 fully saturated rings. The van der Waals surface area contributed by atoms with Crippen LogP contribution in [-0.4, -0.2) is 38.3 Å². The predicted molar refractivity (Wildman–Crippen MR) is 73.5 cm³/mol. The van der Waals surface area contributed by atoms with Gasteiger partial charge >= 0.3 is 0 Å². The van der Waals surface area contributed by atoms with Gasteiger partial charge in [-0.15, -0.1) is 0 Å². The minimum Gasteiger partial charge on any atom is -0.492 e. The average molecular weight is 264 g/mol. The Morgan fingerprint density at radius 3 is 3.11 bits per heavy atom. The quantitative estimate of drug-likeness (QED) is 0.844. The average Bonchev–Trinajstić information content (AvgIpc) is 2.42. The van der Waals surface area contributed by atoms with Crippen LogP contribution in [0.5, 0.6) is 5.75 Å². The van der Waals surface area contributed by atoms with Crippen LogP contribution in [0.15, 0.2) is 24.3 Å². The second-order valence-corrected chi connectivity index (χ2v) is 4.41. The molecule has 1 amide bonds. The summed E-state index contributed by atoms with van der Waals surface area (Å²) in [6, 6.07) is 7.54. The molecule has 5 heteroatoms. The standard InChI is InChI=1S/C14H20N2O3/c1-2-19-13-6-4-3-5-12(13)16-14(17)9-11-10-18-8-7-15-11/h3-6,11,15H,2,7-10H2,1H3,(H,16,17). The molecule has 0 aliphatic carbocycles. The van der Waals surface area contributed by atoms with Crippen molar-refractivity contribution in [3.63, 3.8) is 0 Å². The number of nitrogens with one attached hydrogen (secondary N) is 2. The molecular formula is C14H20N2O3. The molecule has 0 bridgehead atoms. The third kappa shape index (κ3) is 4.22. The lowest BCUT2D eigenvalue weighted by atomic mass is 10.2. The van der Waals surface area contributed by atoms with Crippen LogP contribution < -0.4 is 15.4 Å². The van der Waals surface area contributed by atoms with Gasteiger partial charge in [-0.3, -0.25) is 4.79 Å². The molecule has 19 heavy (non-hydrogen) atoms. The van der Waals surface area contributed by atoms with Gasteiger partial charge in [0.05, 0.1) is 25.5 Å². The van der Waals surface area contributed by atoms with Gasteiger partial charge in [-0.1, -0.05) is 12.1 Å². The molecule has 1 aromatic carbocycles. The maximum atomic E-state index is 12.0. The highest BCUT2D eigenvalue weighted by atomic mass is 16.5. The summed E-state index contributed by atoms with van der Waals surface area (Å²) in [5, 5.41) is 6.14. The van der Waals surface area contributed by atoms with Gasteiger partial charge in [0.25, 0.3) is 0 Å². The molecule has 1 unspecified atom stereocenters. The molecule has 1 aliphatic heterocycles. The fourth-order valence-electron chi connectivity index (χ4n) is 2.03. The smallest absolute Gasteiger partial charge is 0.226 e. The second-order valence-electron chi connectivity index (χ2n) is 4.41. The summed E-state index contributed by atoms with van der Waals surface area (Å²) in [7, 11) is 0. The SMILES string of the molecule is CCOc1ccccc1NC(=O)CC1COCCN1. The van der Waals surface area contributed by atoms with Crippen molar-refractivity contribution in [3.8, 4) is 5.75 Å². The lowest BCUT2D eigenvalue weighted by Gasteiger charge is -2.23. The molecule has 0 saturated carbocycles. The van der Waals surface area contributed by atoms with Gasteiger partial charge in [0.1, 0.15) is 5.75 Å². The first-order chi connectivity index (χ1) is 9.29. The molecular weight excluding hydrogens is 244 g/mol. The molecule has 0 spiro atoms. The Balaban J connectivity index is 1.90. The summed E-state index contributed by atoms with van der Waals surface area (Å²) in [6.07, 6.45) is 0.403. The number of morpholine rings is 1. The molecule has 1 atom stereocenters. The third-order valence-electron chi connectivity index (χ3n) is 2.89. The minimum absolute atomic E-state index is 0.0323. The van der Waals surface area contributed by atoms with E-state index in [1.54, 1.807) is 0 Å². The van der Waals surface area contributed by atoms with Gasteiger partial charge < -0.3 is 20.1 Å². The number of benzene rings is 1. The van der Waals surface area contributed by atoms with E-state index < -0.39 is 0 Å². The van der Waals surface area contributed by atoms with Crippen LogP contribution >= 0.6 is 0 Å². The largest absolute Gasteiger partial charge is 0.492 e. The van der Waals surface area contributed by atoms with E-state index in [0.29, 0.717) is 37.7 Å². The second kappa shape index (κ2) is 7.11. The van der Waals surface area contributed by atoms with Crippen molar-refractivity contribution in [2.45, 2.75) is 19.4 Å². The number of para-hydroxylation sites is 2. The third-order valence-corrected chi connectivity index (χ3v) is 2.89. The molecule has 2 N–H and O–H groups in total. The van der Waals surface area contributed by atoms with E-state index in [4.69, 9.17) is 9.47 Å². The molecule has 1 saturated heterocycles. The Morgan fingerprint density at radius 1 is 1.53 bits per heavy atom. The molecule has 5 nitrogen and oxygen atoms in total. The Bertz CT molecular complexity index is 417. The Kier molecular flexibility index (Phi) is 5.18. The van der Waals surface area contributed by atoms with Gasteiger partial charge in [-0.05, 0) is 19.1 Å². The van der Waals surface area contributed by atoms with Crippen LogP contribution in [0, 0.1) is 0 Å². The summed E-state index contributed by atoms with van der Waals surface area (Å²) in [6.45, 7) is 4.59. The topological polar surface area (TPSA) is 59.6 Å². The molecule has 2 rings (SSSR count). The highest BCUT2D eigenvalue weighted by Gasteiger charge is 2.17. The fourth-order valence-corrected chi connectivity index (χ4v) is 2.03. The highest BCUT2D eigenvalue weighted by Crippen LogP contribution is 2.23. The number of carbonyl (C=O) groups is 1. The van der Waals surface area contributed by atoms with Gasteiger partial charge in [-0.25, -0.2) is 0 Å². The monoisotopic (exact) mass is 264 g/mol. The van der Waals surface area contributed by atoms with E-state index in [2.05, 4.69) is 10.6 Å². The predicted octanol–water partition coefficient (Wildman–Crippen LogP) is 1.40. The van der Waals surface area contributed by atoms with E-state index in [0.717, 1.165) is 6.54 Å². The summed E-state index contributed by atoms with van der Waals surface area (Å²) in [5.41, 5.74) is 0.714. The van der Waals surface area contributed by atoms with E-state index in [9.17, 15) is 4.79 Å². The van der Waals surface area contributed by atoms with Crippen LogP contribution in [0.2, 0.25) is 0 Å². The fraction of sp³-hybridized carbons (Fsp3) is 0.500.